The van der Waals surface area contributed by atoms with E-state index in [0.717, 1.165) is 25.7 Å². The number of ether oxygens (including phenoxy) is 2. The predicted molar refractivity (Wildman–Crippen MR) is 142 cm³/mol. The Kier molecular flexibility index (Phi) is 9.61. The highest BCUT2D eigenvalue weighted by Crippen LogP contribution is 2.64. The summed E-state index contributed by atoms with van der Waals surface area (Å²) in [5.74, 6) is -1.30. The molecule has 0 radical (unpaired) electrons. The minimum atomic E-state index is -1.15. The molecular weight excluding hydrogens is 506 g/mol. The molecule has 2 bridgehead atoms. The van der Waals surface area contributed by atoms with Crippen molar-refractivity contribution in [2.24, 2.45) is 17.3 Å². The number of nitrogens with zero attached hydrogens (tertiary/aromatic N) is 1. The van der Waals surface area contributed by atoms with E-state index >= 15 is 0 Å². The van der Waals surface area contributed by atoms with Gasteiger partial charge in [0.1, 0.15) is 17.3 Å². The summed E-state index contributed by atoms with van der Waals surface area (Å²) in [5.41, 5.74) is -0.603. The monoisotopic (exact) mass is 547 g/mol. The van der Waals surface area contributed by atoms with Crippen LogP contribution in [-0.2, 0) is 29.4 Å². The Morgan fingerprint density at radius 3 is 2.49 bits per heavy atom. The standard InChI is InChI=1S/C29H41NO9/c1-6-7-8-9-12-37-27(34)28(2,3)18-14-23(32)26(19-16-22(31)21-17-20(19)29(21,4)5)24(15-18)39-25(33)11-10-13-38-30(35)36/h14-15,19-21,32H,6-13,16-17H2,1-5H3/t19-,20-,21+/m0/s1. The largest absolute Gasteiger partial charge is 0.508 e. The van der Waals surface area contributed by atoms with E-state index in [1.807, 2.05) is 13.8 Å². The van der Waals surface area contributed by atoms with Crippen molar-refractivity contribution in [1.82, 2.24) is 0 Å². The Morgan fingerprint density at radius 1 is 1.15 bits per heavy atom. The van der Waals surface area contributed by atoms with Crippen LogP contribution in [0.2, 0.25) is 0 Å². The first-order chi connectivity index (χ1) is 18.3. The van der Waals surface area contributed by atoms with Gasteiger partial charge >= 0.3 is 11.9 Å². The SMILES string of the molecule is CCCCCCOC(=O)C(C)(C)c1cc(O)c([C@H]2CC(=O)[C@H]3C[C@@H]2C3(C)C)c(OC(=O)CCCO[N+](=O)[O-])c1. The third-order valence-electron chi connectivity index (χ3n) is 8.54. The van der Waals surface area contributed by atoms with Crippen molar-refractivity contribution in [3.8, 4) is 11.5 Å². The number of phenols is 1. The van der Waals surface area contributed by atoms with Crippen molar-refractivity contribution >= 4 is 17.7 Å². The lowest BCUT2D eigenvalue weighted by Gasteiger charge is -2.59. The lowest BCUT2D eigenvalue weighted by molar-refractivity contribution is -0.757. The van der Waals surface area contributed by atoms with E-state index in [9.17, 15) is 29.6 Å². The molecule has 4 rings (SSSR count). The zero-order valence-electron chi connectivity index (χ0n) is 23.6. The topological polar surface area (TPSA) is 142 Å². The van der Waals surface area contributed by atoms with Crippen molar-refractivity contribution in [2.75, 3.05) is 13.2 Å². The van der Waals surface area contributed by atoms with Crippen molar-refractivity contribution in [3.05, 3.63) is 33.4 Å². The number of ketones is 1. The van der Waals surface area contributed by atoms with E-state index in [-0.39, 0.29) is 66.3 Å². The summed E-state index contributed by atoms with van der Waals surface area (Å²) < 4.78 is 11.2. The molecule has 10 heteroatoms. The fourth-order valence-corrected chi connectivity index (χ4v) is 5.94. The lowest BCUT2D eigenvalue weighted by atomic mass is 9.44. The van der Waals surface area contributed by atoms with Crippen LogP contribution in [0.15, 0.2) is 12.1 Å². The highest BCUT2D eigenvalue weighted by Gasteiger charge is 2.59. The maximum atomic E-state index is 13.0. The van der Waals surface area contributed by atoms with Gasteiger partial charge in [0.25, 0.3) is 5.09 Å². The molecule has 3 saturated carbocycles. The molecule has 3 fully saturated rings. The van der Waals surface area contributed by atoms with E-state index in [2.05, 4.69) is 11.8 Å². The third kappa shape index (κ3) is 6.70. The van der Waals surface area contributed by atoms with Gasteiger partial charge in [-0.1, -0.05) is 40.0 Å². The number of esters is 2. The molecular formula is C29H41NO9. The van der Waals surface area contributed by atoms with Crippen LogP contribution in [0.4, 0.5) is 0 Å². The Balaban J connectivity index is 1.89. The van der Waals surface area contributed by atoms with Gasteiger partial charge in [0.2, 0.25) is 0 Å². The molecule has 0 aromatic heterocycles. The van der Waals surface area contributed by atoms with E-state index in [1.165, 1.54) is 6.07 Å². The zero-order chi connectivity index (χ0) is 29.0. The van der Waals surface area contributed by atoms with E-state index < -0.39 is 22.4 Å². The van der Waals surface area contributed by atoms with Gasteiger partial charge in [-0.25, -0.2) is 0 Å². The minimum absolute atomic E-state index is 0.0150. The van der Waals surface area contributed by atoms with Gasteiger partial charge in [-0.15, -0.1) is 10.1 Å². The molecule has 3 aliphatic rings. The molecule has 10 nitrogen and oxygen atoms in total. The van der Waals surface area contributed by atoms with Gasteiger partial charge in [0, 0.05) is 30.2 Å². The molecule has 0 spiro atoms. The van der Waals surface area contributed by atoms with Crippen LogP contribution in [0.3, 0.4) is 0 Å². The van der Waals surface area contributed by atoms with Gasteiger partial charge in [-0.05, 0) is 62.1 Å². The second kappa shape index (κ2) is 12.3. The third-order valence-corrected chi connectivity index (χ3v) is 8.54. The number of hydrogen-bond donors (Lipinski definition) is 1. The van der Waals surface area contributed by atoms with Crippen molar-refractivity contribution in [2.45, 2.75) is 97.3 Å². The van der Waals surface area contributed by atoms with Crippen molar-refractivity contribution < 1.29 is 38.9 Å². The molecule has 216 valence electrons. The van der Waals surface area contributed by atoms with Crippen LogP contribution < -0.4 is 4.74 Å². The van der Waals surface area contributed by atoms with E-state index in [4.69, 9.17) is 9.47 Å². The summed E-state index contributed by atoms with van der Waals surface area (Å²) >= 11 is 0. The first kappa shape index (κ1) is 30.4. The maximum Gasteiger partial charge on any atom is 0.315 e. The summed E-state index contributed by atoms with van der Waals surface area (Å²) in [6, 6.07) is 3.07. The number of hydrogen-bond acceptors (Lipinski definition) is 9. The quantitative estimate of drug-likeness (QED) is 0.106. The summed E-state index contributed by atoms with van der Waals surface area (Å²) in [6.07, 6.45) is 4.71. The number of phenolic OH excluding ortho intramolecular Hbond substituents is 1. The second-order valence-electron chi connectivity index (χ2n) is 11.9. The lowest BCUT2D eigenvalue weighted by Crippen LogP contribution is -2.56. The summed E-state index contributed by atoms with van der Waals surface area (Å²) in [7, 11) is 0. The highest BCUT2D eigenvalue weighted by atomic mass is 16.9. The summed E-state index contributed by atoms with van der Waals surface area (Å²) in [5, 5.41) is 20.7. The molecule has 0 saturated heterocycles. The Labute approximate surface area is 229 Å². The molecule has 3 atom stereocenters. The van der Waals surface area contributed by atoms with Crippen molar-refractivity contribution in [3.63, 3.8) is 0 Å². The van der Waals surface area contributed by atoms with Gasteiger partial charge in [-0.2, -0.15) is 0 Å². The van der Waals surface area contributed by atoms with Crippen LogP contribution >= 0.6 is 0 Å². The molecule has 1 aromatic rings. The summed E-state index contributed by atoms with van der Waals surface area (Å²) in [6.45, 7) is 9.59. The number of benzene rings is 1. The normalized spacial score (nSPS) is 21.6. The number of rotatable bonds is 14. The average molecular weight is 548 g/mol. The van der Waals surface area contributed by atoms with Crippen LogP contribution in [-0.4, -0.2) is 41.1 Å². The first-order valence-electron chi connectivity index (χ1n) is 13.9. The highest BCUT2D eigenvalue weighted by molar-refractivity contribution is 5.87. The minimum Gasteiger partial charge on any atom is -0.508 e. The van der Waals surface area contributed by atoms with Crippen LogP contribution in [0, 0.1) is 27.4 Å². The number of fused-ring (bicyclic) bond motifs is 2. The summed E-state index contributed by atoms with van der Waals surface area (Å²) in [4.78, 5) is 53.3. The molecule has 1 aromatic carbocycles. The molecule has 0 aliphatic heterocycles. The smallest absolute Gasteiger partial charge is 0.315 e. The van der Waals surface area contributed by atoms with Gasteiger partial charge in [0.15, 0.2) is 0 Å². The Morgan fingerprint density at radius 2 is 1.87 bits per heavy atom. The second-order valence-corrected chi connectivity index (χ2v) is 11.9. The van der Waals surface area contributed by atoms with Crippen LogP contribution in [0.25, 0.3) is 0 Å². The number of Topliss-reactive ketones (excluding diaryl/α,β-unsaturated/α-hetero) is 1. The maximum absolute atomic E-state index is 13.0. The fourth-order valence-electron chi connectivity index (χ4n) is 5.94. The average Bonchev–Trinajstić information content (AvgIpc) is 2.85. The van der Waals surface area contributed by atoms with Gasteiger partial charge in [-0.3, -0.25) is 14.4 Å². The van der Waals surface area contributed by atoms with Crippen LogP contribution in [0.5, 0.6) is 11.5 Å². The fraction of sp³-hybridized carbons (Fsp3) is 0.690. The molecule has 0 amide bonds. The van der Waals surface area contributed by atoms with E-state index in [0.29, 0.717) is 24.2 Å². The van der Waals surface area contributed by atoms with E-state index in [1.54, 1.807) is 19.9 Å². The molecule has 3 aliphatic carbocycles. The first-order valence-corrected chi connectivity index (χ1v) is 13.9. The zero-order valence-corrected chi connectivity index (χ0v) is 23.6. The Bertz CT molecular complexity index is 1090. The molecule has 0 unspecified atom stereocenters. The number of carbonyl (C=O) groups is 3. The molecule has 39 heavy (non-hydrogen) atoms. The molecule has 0 heterocycles. The van der Waals surface area contributed by atoms with Gasteiger partial charge < -0.3 is 19.4 Å². The number of unbranched alkanes of at least 4 members (excludes halogenated alkanes) is 3. The van der Waals surface area contributed by atoms with Crippen LogP contribution in [0.1, 0.15) is 103 Å². The number of carbonyl (C=O) groups excluding carboxylic acids is 3. The predicted octanol–water partition coefficient (Wildman–Crippen LogP) is 5.41. The number of aromatic hydroxyl groups is 1. The Hall–Kier alpha value is -3.17. The van der Waals surface area contributed by atoms with Crippen molar-refractivity contribution in [1.29, 1.82) is 0 Å². The van der Waals surface area contributed by atoms with Gasteiger partial charge in [0.05, 0.1) is 18.6 Å². The molecule has 1 N–H and O–H groups in total.